The van der Waals surface area contributed by atoms with Crippen molar-refractivity contribution in [2.75, 3.05) is 0 Å². The molecule has 0 bridgehead atoms. The number of nitrogens with one attached hydrogen (secondary N) is 1. The Bertz CT molecular complexity index is 761. The highest BCUT2D eigenvalue weighted by Gasteiger charge is 2.42. The molecule has 1 aromatic carbocycles. The zero-order chi connectivity index (χ0) is 13.0. The first-order chi connectivity index (χ1) is 9.17. The largest absolute Gasteiger partial charge is 0.350 e. The number of aromatic amines is 1. The van der Waals surface area contributed by atoms with Gasteiger partial charge in [-0.2, -0.15) is 0 Å². The predicted octanol–water partition coefficient (Wildman–Crippen LogP) is 2.52. The van der Waals surface area contributed by atoms with Gasteiger partial charge in [0.05, 0.1) is 17.4 Å². The van der Waals surface area contributed by atoms with Crippen molar-refractivity contribution in [2.45, 2.75) is 18.4 Å². The van der Waals surface area contributed by atoms with Gasteiger partial charge in [0, 0.05) is 29.7 Å². The average Bonchev–Trinajstić information content (AvgIpc) is 2.89. The fraction of sp³-hybridized carbons (Fsp3) is 0.267. The first-order valence-corrected chi connectivity index (χ1v) is 6.56. The van der Waals surface area contributed by atoms with E-state index < -0.39 is 0 Å². The van der Waals surface area contributed by atoms with Crippen LogP contribution in [0, 0.1) is 0 Å². The van der Waals surface area contributed by atoms with Gasteiger partial charge in [-0.3, -0.25) is 0 Å². The van der Waals surface area contributed by atoms with Crippen molar-refractivity contribution in [2.24, 2.45) is 12.8 Å². The molecule has 1 saturated carbocycles. The number of fused-ring (bicyclic) bond motifs is 1. The van der Waals surface area contributed by atoms with Gasteiger partial charge in [0.2, 0.25) is 0 Å². The molecule has 2 aromatic heterocycles. The molecule has 1 fully saturated rings. The molecule has 1 aliphatic carbocycles. The Kier molecular flexibility index (Phi) is 1.98. The maximum Gasteiger partial charge on any atom is 0.126 e. The van der Waals surface area contributed by atoms with E-state index in [2.05, 4.69) is 52.0 Å². The van der Waals surface area contributed by atoms with Crippen LogP contribution in [-0.2, 0) is 12.6 Å². The van der Waals surface area contributed by atoms with Crippen molar-refractivity contribution in [3.63, 3.8) is 0 Å². The van der Waals surface area contributed by atoms with Gasteiger partial charge in [0.1, 0.15) is 5.82 Å². The molecule has 3 aromatic rings. The van der Waals surface area contributed by atoms with Crippen LogP contribution in [0.15, 0.2) is 36.7 Å². The molecule has 19 heavy (non-hydrogen) atoms. The second kappa shape index (κ2) is 3.48. The number of imidazole rings is 1. The summed E-state index contributed by atoms with van der Waals surface area (Å²) in [5, 5.41) is 1.24. The fourth-order valence-electron chi connectivity index (χ4n) is 2.64. The number of hydrogen-bond donors (Lipinski definition) is 2. The van der Waals surface area contributed by atoms with E-state index >= 15 is 0 Å². The average molecular weight is 252 g/mol. The van der Waals surface area contributed by atoms with Crippen LogP contribution in [0.1, 0.15) is 18.7 Å². The van der Waals surface area contributed by atoms with Crippen LogP contribution < -0.4 is 5.73 Å². The number of aromatic nitrogens is 3. The van der Waals surface area contributed by atoms with Crippen LogP contribution in [-0.4, -0.2) is 14.5 Å². The summed E-state index contributed by atoms with van der Waals surface area (Å²) < 4.78 is 2.14. The molecule has 4 heteroatoms. The van der Waals surface area contributed by atoms with Crippen LogP contribution in [0.3, 0.4) is 0 Å². The van der Waals surface area contributed by atoms with E-state index in [1.54, 1.807) is 0 Å². The third kappa shape index (κ3) is 1.53. The number of H-pyrrole nitrogens is 1. The zero-order valence-electron chi connectivity index (χ0n) is 10.9. The van der Waals surface area contributed by atoms with E-state index in [4.69, 9.17) is 5.73 Å². The molecular formula is C15H16N4. The van der Waals surface area contributed by atoms with E-state index in [1.807, 2.05) is 6.20 Å². The van der Waals surface area contributed by atoms with Gasteiger partial charge in [-0.25, -0.2) is 4.98 Å². The third-order valence-electron chi connectivity index (χ3n) is 4.02. The Morgan fingerprint density at radius 1 is 1.32 bits per heavy atom. The highest BCUT2D eigenvalue weighted by Crippen LogP contribution is 2.41. The summed E-state index contributed by atoms with van der Waals surface area (Å²) in [6, 6.07) is 8.39. The second-order valence-corrected chi connectivity index (χ2v) is 5.47. The first kappa shape index (κ1) is 10.8. The van der Waals surface area contributed by atoms with Crippen LogP contribution in [0.2, 0.25) is 0 Å². The smallest absolute Gasteiger partial charge is 0.126 e. The maximum absolute atomic E-state index is 6.18. The van der Waals surface area contributed by atoms with Crippen molar-refractivity contribution in [1.29, 1.82) is 0 Å². The number of hydrogen-bond acceptors (Lipinski definition) is 2. The van der Waals surface area contributed by atoms with Crippen LogP contribution in [0.5, 0.6) is 0 Å². The number of aryl methyl sites for hydroxylation is 1. The van der Waals surface area contributed by atoms with E-state index in [0.29, 0.717) is 0 Å². The van der Waals surface area contributed by atoms with Gasteiger partial charge >= 0.3 is 0 Å². The summed E-state index contributed by atoms with van der Waals surface area (Å²) in [5.74, 6) is 0.912. The number of nitrogens with two attached hydrogens (primary N) is 1. The summed E-state index contributed by atoms with van der Waals surface area (Å²) in [4.78, 5) is 7.84. The number of para-hydroxylation sites is 1. The van der Waals surface area contributed by atoms with Crippen LogP contribution in [0.4, 0.5) is 0 Å². The van der Waals surface area contributed by atoms with Gasteiger partial charge in [-0.15, -0.1) is 0 Å². The van der Waals surface area contributed by atoms with Crippen molar-refractivity contribution in [1.82, 2.24) is 14.5 Å². The first-order valence-electron chi connectivity index (χ1n) is 6.56. The lowest BCUT2D eigenvalue weighted by atomic mass is 10.1. The fourth-order valence-corrected chi connectivity index (χ4v) is 2.64. The van der Waals surface area contributed by atoms with E-state index in [1.165, 1.54) is 16.5 Å². The van der Waals surface area contributed by atoms with Gasteiger partial charge in [-0.1, -0.05) is 18.2 Å². The highest BCUT2D eigenvalue weighted by molar-refractivity contribution is 5.95. The number of rotatable bonds is 2. The molecule has 0 radical (unpaired) electrons. The van der Waals surface area contributed by atoms with Crippen molar-refractivity contribution in [3.05, 3.63) is 42.5 Å². The minimum atomic E-state index is -0.206. The standard InChI is InChI=1S/C15H16N4/c1-19-9-11(10-4-2-3-5-13(10)19)12-8-17-14(18-12)15(16)6-7-15/h2-5,8-9H,6-7,16H2,1H3,(H,17,18). The molecule has 0 aliphatic heterocycles. The highest BCUT2D eigenvalue weighted by atomic mass is 15.0. The SMILES string of the molecule is Cn1cc(-c2cnc(C3(N)CC3)[nH]2)c2ccccc21. The molecule has 0 amide bonds. The molecule has 4 nitrogen and oxygen atoms in total. The van der Waals surface area contributed by atoms with Crippen molar-refractivity contribution >= 4 is 10.9 Å². The molecule has 2 heterocycles. The Hall–Kier alpha value is -2.07. The van der Waals surface area contributed by atoms with Crippen LogP contribution in [0.25, 0.3) is 22.2 Å². The quantitative estimate of drug-likeness (QED) is 0.736. The van der Waals surface area contributed by atoms with E-state index in [-0.39, 0.29) is 5.54 Å². The Labute approximate surface area is 111 Å². The molecule has 0 unspecified atom stereocenters. The lowest BCUT2D eigenvalue weighted by Gasteiger charge is -2.02. The molecule has 1 aliphatic rings. The van der Waals surface area contributed by atoms with Gasteiger partial charge in [-0.05, 0) is 18.9 Å². The summed E-state index contributed by atoms with van der Waals surface area (Å²) in [7, 11) is 2.06. The number of nitrogens with zero attached hydrogens (tertiary/aromatic N) is 2. The maximum atomic E-state index is 6.18. The predicted molar refractivity (Wildman–Crippen MR) is 75.6 cm³/mol. The Morgan fingerprint density at radius 2 is 2.11 bits per heavy atom. The lowest BCUT2D eigenvalue weighted by Crippen LogP contribution is -2.20. The molecule has 0 spiro atoms. The summed E-state index contributed by atoms with van der Waals surface area (Å²) >= 11 is 0. The normalized spacial score (nSPS) is 16.9. The lowest BCUT2D eigenvalue weighted by molar-refractivity contribution is 0.685. The Balaban J connectivity index is 1.88. The van der Waals surface area contributed by atoms with E-state index in [9.17, 15) is 0 Å². The minimum Gasteiger partial charge on any atom is -0.350 e. The van der Waals surface area contributed by atoms with Crippen molar-refractivity contribution < 1.29 is 0 Å². The second-order valence-electron chi connectivity index (χ2n) is 5.47. The summed E-state index contributed by atoms with van der Waals surface area (Å²) in [6.07, 6.45) is 6.08. The molecule has 4 rings (SSSR count). The zero-order valence-corrected chi connectivity index (χ0v) is 10.9. The molecule has 0 atom stereocenters. The molecule has 0 saturated heterocycles. The van der Waals surface area contributed by atoms with Crippen LogP contribution >= 0.6 is 0 Å². The minimum absolute atomic E-state index is 0.206. The molecular weight excluding hydrogens is 236 g/mol. The third-order valence-corrected chi connectivity index (χ3v) is 4.02. The van der Waals surface area contributed by atoms with Gasteiger partial charge < -0.3 is 15.3 Å². The van der Waals surface area contributed by atoms with E-state index in [0.717, 1.165) is 24.4 Å². The molecule has 96 valence electrons. The van der Waals surface area contributed by atoms with Gasteiger partial charge in [0.15, 0.2) is 0 Å². The van der Waals surface area contributed by atoms with Gasteiger partial charge in [0.25, 0.3) is 0 Å². The topological polar surface area (TPSA) is 59.6 Å². The summed E-state index contributed by atoms with van der Waals surface area (Å²) in [5.41, 5.74) is 9.42. The number of benzene rings is 1. The monoisotopic (exact) mass is 252 g/mol. The van der Waals surface area contributed by atoms with Crippen molar-refractivity contribution in [3.8, 4) is 11.3 Å². The molecule has 3 N–H and O–H groups in total. The summed E-state index contributed by atoms with van der Waals surface area (Å²) in [6.45, 7) is 0. The Morgan fingerprint density at radius 3 is 2.89 bits per heavy atom.